The first-order valence-corrected chi connectivity index (χ1v) is 12.2. The Morgan fingerprint density at radius 3 is 2.50 bits per heavy atom. The van der Waals surface area contributed by atoms with Crippen LogP contribution in [0.1, 0.15) is 41.8 Å². The molecule has 170 valence electrons. The molecular formula is C27H22BrN3O3. The van der Waals surface area contributed by atoms with Crippen LogP contribution in [0.25, 0.3) is 22.0 Å². The van der Waals surface area contributed by atoms with Crippen LogP contribution >= 0.6 is 15.9 Å². The number of H-pyrrole nitrogens is 1. The molecular weight excluding hydrogens is 494 g/mol. The summed E-state index contributed by atoms with van der Waals surface area (Å²) in [5.41, 5.74) is 5.16. The summed E-state index contributed by atoms with van der Waals surface area (Å²) in [6, 6.07) is 21.6. The lowest BCUT2D eigenvalue weighted by Crippen LogP contribution is -2.33. The van der Waals surface area contributed by atoms with E-state index in [1.54, 1.807) is 11.0 Å². The lowest BCUT2D eigenvalue weighted by atomic mass is 9.98. The van der Waals surface area contributed by atoms with Crippen LogP contribution in [0.5, 0.6) is 0 Å². The second kappa shape index (κ2) is 8.40. The maximum atomic E-state index is 13.2. The Balaban J connectivity index is 1.24. The van der Waals surface area contributed by atoms with Crippen molar-refractivity contribution >= 4 is 32.9 Å². The molecule has 1 fully saturated rings. The van der Waals surface area contributed by atoms with Crippen molar-refractivity contribution in [1.82, 2.24) is 14.9 Å². The molecule has 7 heteroatoms. The number of likely N-dealkylation sites (tertiary alicyclic amines) is 1. The minimum Gasteiger partial charge on any atom is -0.448 e. The van der Waals surface area contributed by atoms with Gasteiger partial charge in [0.1, 0.15) is 12.4 Å². The van der Waals surface area contributed by atoms with Crippen molar-refractivity contribution in [3.63, 3.8) is 0 Å². The Morgan fingerprint density at radius 2 is 1.76 bits per heavy atom. The van der Waals surface area contributed by atoms with E-state index >= 15 is 0 Å². The van der Waals surface area contributed by atoms with Gasteiger partial charge in [0.2, 0.25) is 0 Å². The summed E-state index contributed by atoms with van der Waals surface area (Å²) in [5.74, 6) is 0.509. The number of aromatic amines is 1. The van der Waals surface area contributed by atoms with E-state index in [9.17, 15) is 9.59 Å². The molecule has 3 aromatic carbocycles. The van der Waals surface area contributed by atoms with Crippen LogP contribution in [0.3, 0.4) is 0 Å². The van der Waals surface area contributed by atoms with Crippen molar-refractivity contribution in [2.75, 3.05) is 13.2 Å². The average molecular weight is 516 g/mol. The summed E-state index contributed by atoms with van der Waals surface area (Å²) < 4.78 is 6.72. The number of rotatable bonds is 3. The third kappa shape index (κ3) is 3.51. The number of ether oxygens (including phenoxy) is 1. The number of hydrogen-bond donors (Lipinski definition) is 1. The molecule has 1 aliphatic heterocycles. The van der Waals surface area contributed by atoms with Gasteiger partial charge in [0.15, 0.2) is 0 Å². The number of benzene rings is 3. The molecule has 34 heavy (non-hydrogen) atoms. The van der Waals surface area contributed by atoms with Crippen LogP contribution in [0.15, 0.2) is 76.0 Å². The van der Waals surface area contributed by atoms with Crippen molar-refractivity contribution in [2.45, 2.75) is 24.8 Å². The SMILES string of the molecule is O=C(OCC1c2ccccc2-c2ccccc21)N1CCCC1c1nc2cc(Br)ccc2c(=O)[nH]1. The predicted molar refractivity (Wildman–Crippen MR) is 134 cm³/mol. The third-order valence-electron chi connectivity index (χ3n) is 6.83. The van der Waals surface area contributed by atoms with Gasteiger partial charge < -0.3 is 9.72 Å². The highest BCUT2D eigenvalue weighted by molar-refractivity contribution is 9.10. The zero-order chi connectivity index (χ0) is 23.2. The van der Waals surface area contributed by atoms with Gasteiger partial charge in [-0.15, -0.1) is 0 Å². The van der Waals surface area contributed by atoms with Crippen LogP contribution in [-0.4, -0.2) is 34.1 Å². The summed E-state index contributed by atoms with van der Waals surface area (Å²) in [6.07, 6.45) is 1.18. The molecule has 1 N–H and O–H groups in total. The molecule has 1 amide bonds. The van der Waals surface area contributed by atoms with Gasteiger partial charge in [-0.05, 0) is 53.3 Å². The zero-order valence-corrected chi connectivity index (χ0v) is 19.9. The molecule has 0 saturated carbocycles. The van der Waals surface area contributed by atoms with Crippen LogP contribution in [0, 0.1) is 0 Å². The Morgan fingerprint density at radius 1 is 1.06 bits per heavy atom. The number of halogens is 1. The zero-order valence-electron chi connectivity index (χ0n) is 18.3. The molecule has 0 bridgehead atoms. The van der Waals surface area contributed by atoms with Gasteiger partial charge in [-0.2, -0.15) is 0 Å². The summed E-state index contributed by atoms with van der Waals surface area (Å²) in [4.78, 5) is 35.1. The van der Waals surface area contributed by atoms with E-state index in [1.807, 2.05) is 36.4 Å². The van der Waals surface area contributed by atoms with E-state index in [2.05, 4.69) is 50.2 Å². The minimum absolute atomic E-state index is 0.00774. The van der Waals surface area contributed by atoms with Crippen LogP contribution < -0.4 is 5.56 Å². The summed E-state index contributed by atoms with van der Waals surface area (Å²) in [7, 11) is 0. The maximum Gasteiger partial charge on any atom is 0.410 e. The highest BCUT2D eigenvalue weighted by Crippen LogP contribution is 2.44. The topological polar surface area (TPSA) is 75.3 Å². The summed E-state index contributed by atoms with van der Waals surface area (Å²) in [5, 5.41) is 0.526. The summed E-state index contributed by atoms with van der Waals surface area (Å²) in [6.45, 7) is 0.840. The molecule has 0 spiro atoms. The molecule has 1 aromatic heterocycles. The molecule has 1 saturated heterocycles. The first kappa shape index (κ1) is 21.1. The molecule has 4 aromatic rings. The first-order chi connectivity index (χ1) is 16.6. The second-order valence-corrected chi connectivity index (χ2v) is 9.68. The smallest absolute Gasteiger partial charge is 0.410 e. The average Bonchev–Trinajstić information content (AvgIpc) is 3.46. The highest BCUT2D eigenvalue weighted by Gasteiger charge is 2.35. The molecule has 6 rings (SSSR count). The van der Waals surface area contributed by atoms with E-state index in [0.717, 1.165) is 17.3 Å². The van der Waals surface area contributed by atoms with Crippen molar-refractivity contribution < 1.29 is 9.53 Å². The normalized spacial score (nSPS) is 17.1. The van der Waals surface area contributed by atoms with Gasteiger partial charge in [-0.1, -0.05) is 64.5 Å². The molecule has 2 heterocycles. The molecule has 6 nitrogen and oxygen atoms in total. The molecule has 1 atom stereocenters. The number of hydrogen-bond acceptors (Lipinski definition) is 4. The van der Waals surface area contributed by atoms with E-state index in [4.69, 9.17) is 4.74 Å². The van der Waals surface area contributed by atoms with Crippen LogP contribution in [-0.2, 0) is 4.74 Å². The van der Waals surface area contributed by atoms with Crippen LogP contribution in [0.2, 0.25) is 0 Å². The largest absolute Gasteiger partial charge is 0.448 e. The number of nitrogens with one attached hydrogen (secondary N) is 1. The monoisotopic (exact) mass is 515 g/mol. The molecule has 1 unspecified atom stereocenters. The standard InChI is InChI=1S/C27H22BrN3O3/c28-16-11-12-21-23(14-16)29-25(30-26(21)32)24-10-5-13-31(24)27(33)34-15-22-19-8-3-1-6-17(19)18-7-2-4-9-20(18)22/h1-4,6-9,11-12,14,22,24H,5,10,13,15H2,(H,29,30,32). The number of nitrogens with zero attached hydrogens (tertiary/aromatic N) is 2. The minimum atomic E-state index is -0.374. The Bertz CT molecular complexity index is 1440. The van der Waals surface area contributed by atoms with Gasteiger partial charge in [0.25, 0.3) is 5.56 Å². The van der Waals surface area contributed by atoms with Gasteiger partial charge in [0, 0.05) is 16.9 Å². The molecule has 2 aliphatic rings. The summed E-state index contributed by atoms with van der Waals surface area (Å²) >= 11 is 3.44. The van der Waals surface area contributed by atoms with Crippen LogP contribution in [0.4, 0.5) is 4.79 Å². The number of aromatic nitrogens is 2. The van der Waals surface area contributed by atoms with Crippen molar-refractivity contribution in [3.8, 4) is 11.1 Å². The number of carbonyl (C=O) groups excluding carboxylic acids is 1. The van der Waals surface area contributed by atoms with Crippen molar-refractivity contribution in [2.24, 2.45) is 0 Å². The fourth-order valence-electron chi connectivity index (χ4n) is 5.23. The number of carbonyl (C=O) groups is 1. The quantitative estimate of drug-likeness (QED) is 0.375. The van der Waals surface area contributed by atoms with Gasteiger partial charge in [-0.25, -0.2) is 9.78 Å². The van der Waals surface area contributed by atoms with Crippen molar-refractivity contribution in [3.05, 3.63) is 98.5 Å². The Kier molecular flexibility index (Phi) is 5.21. The first-order valence-electron chi connectivity index (χ1n) is 11.4. The Labute approximate surface area is 204 Å². The number of amides is 1. The van der Waals surface area contributed by atoms with Gasteiger partial charge in [-0.3, -0.25) is 9.69 Å². The molecule has 1 aliphatic carbocycles. The van der Waals surface area contributed by atoms with E-state index in [0.29, 0.717) is 23.3 Å². The Hall–Kier alpha value is -3.45. The van der Waals surface area contributed by atoms with E-state index in [1.165, 1.54) is 22.3 Å². The fraction of sp³-hybridized carbons (Fsp3) is 0.222. The predicted octanol–water partition coefficient (Wildman–Crippen LogP) is 5.77. The number of fused-ring (bicyclic) bond motifs is 4. The molecule has 0 radical (unpaired) electrons. The fourth-order valence-corrected chi connectivity index (χ4v) is 5.58. The maximum absolute atomic E-state index is 13.2. The van der Waals surface area contributed by atoms with Crippen molar-refractivity contribution in [1.29, 1.82) is 0 Å². The third-order valence-corrected chi connectivity index (χ3v) is 7.32. The lowest BCUT2D eigenvalue weighted by Gasteiger charge is -2.24. The van der Waals surface area contributed by atoms with E-state index in [-0.39, 0.29) is 30.2 Å². The van der Waals surface area contributed by atoms with Gasteiger partial charge in [0.05, 0.1) is 16.9 Å². The van der Waals surface area contributed by atoms with E-state index < -0.39 is 0 Å². The second-order valence-electron chi connectivity index (χ2n) is 8.77. The lowest BCUT2D eigenvalue weighted by molar-refractivity contribution is 0.0943. The van der Waals surface area contributed by atoms with Gasteiger partial charge >= 0.3 is 6.09 Å². The highest BCUT2D eigenvalue weighted by atomic mass is 79.9.